The summed E-state index contributed by atoms with van der Waals surface area (Å²) in [7, 11) is 1.62. The number of rotatable bonds is 12. The molecule has 0 bridgehead atoms. The van der Waals surface area contributed by atoms with Crippen LogP contribution in [0.3, 0.4) is 0 Å². The van der Waals surface area contributed by atoms with Crippen LogP contribution in [0.4, 0.5) is 0 Å². The molecule has 0 fully saturated rings. The summed E-state index contributed by atoms with van der Waals surface area (Å²) in [5.74, 6) is 0.638. The summed E-state index contributed by atoms with van der Waals surface area (Å²) in [6.45, 7) is 8.06. The highest BCUT2D eigenvalue weighted by Crippen LogP contribution is 2.39. The number of carbonyl (C=O) groups excluding carboxylic acids is 1. The maximum atomic E-state index is 13.6. The predicted molar refractivity (Wildman–Crippen MR) is 139 cm³/mol. The molecule has 0 N–H and O–H groups in total. The minimum absolute atomic E-state index is 0.141. The molecule has 186 valence electrons. The Morgan fingerprint density at radius 1 is 0.943 bits per heavy atom. The first kappa shape index (κ1) is 25.0. The first-order chi connectivity index (χ1) is 17.1. The van der Waals surface area contributed by atoms with Gasteiger partial charge in [-0.1, -0.05) is 51.0 Å². The molecule has 6 nitrogen and oxygen atoms in total. The van der Waals surface area contributed by atoms with E-state index in [1.165, 1.54) is 25.7 Å². The number of hydrogen-bond donors (Lipinski definition) is 0. The van der Waals surface area contributed by atoms with Crippen LogP contribution in [0.15, 0.2) is 57.7 Å². The zero-order valence-corrected chi connectivity index (χ0v) is 21.1. The van der Waals surface area contributed by atoms with Gasteiger partial charge in [0.1, 0.15) is 11.3 Å². The number of ether oxygens (including phenoxy) is 1. The van der Waals surface area contributed by atoms with Crippen LogP contribution < -0.4 is 10.2 Å². The van der Waals surface area contributed by atoms with Gasteiger partial charge < -0.3 is 19.0 Å². The number of hydrogen-bond acceptors (Lipinski definition) is 5. The summed E-state index contributed by atoms with van der Waals surface area (Å²) < 4.78 is 11.5. The molecule has 0 spiro atoms. The fraction of sp³-hybridized carbons (Fsp3) is 0.448. The Hall–Kier alpha value is -3.12. The van der Waals surface area contributed by atoms with Gasteiger partial charge in [0.2, 0.25) is 5.76 Å². The van der Waals surface area contributed by atoms with Crippen molar-refractivity contribution in [3.05, 3.63) is 75.6 Å². The lowest BCUT2D eigenvalue weighted by molar-refractivity contribution is 0.0719. The third kappa shape index (κ3) is 5.27. The number of fused-ring (bicyclic) bond motifs is 2. The zero-order valence-electron chi connectivity index (χ0n) is 21.1. The van der Waals surface area contributed by atoms with E-state index < -0.39 is 6.04 Å². The van der Waals surface area contributed by atoms with Crippen LogP contribution in [-0.2, 0) is 0 Å². The van der Waals surface area contributed by atoms with Gasteiger partial charge in [0.05, 0.1) is 24.1 Å². The molecule has 2 aromatic carbocycles. The Labute approximate surface area is 207 Å². The first-order valence-corrected chi connectivity index (χ1v) is 12.8. The van der Waals surface area contributed by atoms with Crippen LogP contribution in [0, 0.1) is 0 Å². The number of methoxy groups -OCH3 is 1. The summed E-state index contributed by atoms with van der Waals surface area (Å²) in [5, 5.41) is 0.499. The Bertz CT molecular complexity index is 1210. The second kappa shape index (κ2) is 11.5. The largest absolute Gasteiger partial charge is 0.497 e. The molecule has 1 aromatic heterocycles. The lowest BCUT2D eigenvalue weighted by Crippen LogP contribution is -2.34. The van der Waals surface area contributed by atoms with Crippen LogP contribution in [-0.4, -0.2) is 49.0 Å². The van der Waals surface area contributed by atoms with Crippen LogP contribution in [0.2, 0.25) is 0 Å². The van der Waals surface area contributed by atoms with Gasteiger partial charge in [0.25, 0.3) is 5.91 Å². The molecule has 1 amide bonds. The van der Waals surface area contributed by atoms with E-state index in [0.29, 0.717) is 28.8 Å². The monoisotopic (exact) mass is 476 g/mol. The van der Waals surface area contributed by atoms with Crippen molar-refractivity contribution in [2.45, 2.75) is 52.0 Å². The van der Waals surface area contributed by atoms with Gasteiger partial charge in [-0.3, -0.25) is 9.59 Å². The van der Waals surface area contributed by atoms with Gasteiger partial charge in [-0.15, -0.1) is 0 Å². The average Bonchev–Trinajstić information content (AvgIpc) is 3.17. The van der Waals surface area contributed by atoms with Gasteiger partial charge in [-0.05, 0) is 68.7 Å². The fourth-order valence-electron chi connectivity index (χ4n) is 4.92. The summed E-state index contributed by atoms with van der Waals surface area (Å²) >= 11 is 0. The van der Waals surface area contributed by atoms with Crippen molar-refractivity contribution < 1.29 is 13.9 Å². The van der Waals surface area contributed by atoms with Crippen LogP contribution in [0.1, 0.15) is 73.7 Å². The van der Waals surface area contributed by atoms with Gasteiger partial charge in [-0.2, -0.15) is 0 Å². The SMILES string of the molecule is CCCCN(CCCC)CCCN1C(=O)c2oc3ccccc3c(=O)c2C1c1cccc(OC)c1. The highest BCUT2D eigenvalue weighted by Gasteiger charge is 2.42. The van der Waals surface area contributed by atoms with E-state index in [0.717, 1.165) is 31.6 Å². The van der Waals surface area contributed by atoms with Crippen LogP contribution in [0.25, 0.3) is 11.0 Å². The number of amides is 1. The van der Waals surface area contributed by atoms with Gasteiger partial charge in [0.15, 0.2) is 5.43 Å². The minimum atomic E-state index is -0.492. The molecule has 2 heterocycles. The van der Waals surface area contributed by atoms with E-state index in [4.69, 9.17) is 9.15 Å². The molecule has 0 saturated heterocycles. The standard InChI is InChI=1S/C29H36N2O4/c1-4-6-16-30(17-7-5-2)18-11-19-31-26(21-12-10-13-22(20-21)34-3)25-27(32)23-14-8-9-15-24(23)35-28(25)29(31)33/h8-10,12-15,20,26H,4-7,11,16-19H2,1-3H3. The molecular formula is C29H36N2O4. The van der Waals surface area contributed by atoms with E-state index in [2.05, 4.69) is 18.7 Å². The highest BCUT2D eigenvalue weighted by atomic mass is 16.5. The molecule has 6 heteroatoms. The van der Waals surface area contributed by atoms with Crippen molar-refractivity contribution in [2.75, 3.05) is 33.3 Å². The number of unbranched alkanes of at least 4 members (excludes halogenated alkanes) is 2. The van der Waals surface area contributed by atoms with Crippen molar-refractivity contribution >= 4 is 16.9 Å². The van der Waals surface area contributed by atoms with E-state index >= 15 is 0 Å². The Morgan fingerprint density at radius 3 is 2.37 bits per heavy atom. The Kier molecular flexibility index (Phi) is 8.24. The average molecular weight is 477 g/mol. The maximum absolute atomic E-state index is 13.6. The third-order valence-electron chi connectivity index (χ3n) is 6.81. The molecule has 3 aromatic rings. The summed E-state index contributed by atoms with van der Waals surface area (Å²) in [6, 6.07) is 14.3. The minimum Gasteiger partial charge on any atom is -0.497 e. The second-order valence-electron chi connectivity index (χ2n) is 9.25. The van der Waals surface area contributed by atoms with Gasteiger partial charge in [0, 0.05) is 6.54 Å². The lowest BCUT2D eigenvalue weighted by atomic mass is 9.98. The van der Waals surface area contributed by atoms with Crippen LogP contribution >= 0.6 is 0 Å². The molecular weight excluding hydrogens is 440 g/mol. The summed E-state index contributed by atoms with van der Waals surface area (Å²) in [4.78, 5) is 31.5. The van der Waals surface area contributed by atoms with E-state index in [1.807, 2.05) is 36.4 Å². The number of benzene rings is 2. The fourth-order valence-corrected chi connectivity index (χ4v) is 4.92. The Balaban J connectivity index is 1.67. The van der Waals surface area contributed by atoms with Crippen molar-refractivity contribution in [2.24, 2.45) is 0 Å². The molecule has 4 rings (SSSR count). The molecule has 0 saturated carbocycles. The summed E-state index contributed by atoms with van der Waals surface area (Å²) in [5.41, 5.74) is 1.59. The van der Waals surface area contributed by atoms with Crippen molar-refractivity contribution in [3.8, 4) is 5.75 Å². The van der Waals surface area contributed by atoms with Crippen LogP contribution in [0.5, 0.6) is 5.75 Å². The molecule has 1 aliphatic rings. The van der Waals surface area contributed by atoms with E-state index in [-0.39, 0.29) is 17.1 Å². The smallest absolute Gasteiger partial charge is 0.290 e. The third-order valence-corrected chi connectivity index (χ3v) is 6.81. The zero-order chi connectivity index (χ0) is 24.8. The predicted octanol–water partition coefficient (Wildman–Crippen LogP) is 5.64. The molecule has 35 heavy (non-hydrogen) atoms. The van der Waals surface area contributed by atoms with Crippen molar-refractivity contribution in [1.29, 1.82) is 0 Å². The molecule has 1 aliphatic heterocycles. The van der Waals surface area contributed by atoms with E-state index in [1.54, 1.807) is 24.1 Å². The summed E-state index contributed by atoms with van der Waals surface area (Å²) in [6.07, 6.45) is 5.52. The molecule has 1 unspecified atom stereocenters. The molecule has 0 radical (unpaired) electrons. The maximum Gasteiger partial charge on any atom is 0.290 e. The lowest BCUT2D eigenvalue weighted by Gasteiger charge is -2.27. The second-order valence-corrected chi connectivity index (χ2v) is 9.25. The number of nitrogens with zero attached hydrogens (tertiary/aromatic N) is 2. The first-order valence-electron chi connectivity index (χ1n) is 12.8. The highest BCUT2D eigenvalue weighted by molar-refractivity contribution is 5.99. The topological polar surface area (TPSA) is 63.0 Å². The Morgan fingerprint density at radius 2 is 1.66 bits per heavy atom. The number of para-hydroxylation sites is 1. The number of carbonyl (C=O) groups is 1. The van der Waals surface area contributed by atoms with Crippen molar-refractivity contribution in [1.82, 2.24) is 9.80 Å². The van der Waals surface area contributed by atoms with Crippen molar-refractivity contribution in [3.63, 3.8) is 0 Å². The molecule has 0 aliphatic carbocycles. The van der Waals surface area contributed by atoms with Gasteiger partial charge >= 0.3 is 0 Å². The quantitative estimate of drug-likeness (QED) is 0.339. The van der Waals surface area contributed by atoms with Gasteiger partial charge in [-0.25, -0.2) is 0 Å². The molecule has 1 atom stereocenters. The van der Waals surface area contributed by atoms with E-state index in [9.17, 15) is 9.59 Å². The normalized spacial score (nSPS) is 15.3.